The fraction of sp³-hybridized carbons (Fsp3) is 0.200. The van der Waals surface area contributed by atoms with Gasteiger partial charge in [0, 0.05) is 39.9 Å². The first-order valence-electron chi connectivity index (χ1n) is 21.0. The van der Waals surface area contributed by atoms with Crippen molar-refractivity contribution < 1.29 is 25.2 Å². The molecule has 61 heavy (non-hydrogen) atoms. The van der Waals surface area contributed by atoms with Crippen molar-refractivity contribution in [3.8, 4) is 56.6 Å². The number of aryl methyl sites for hydroxylation is 1. The summed E-state index contributed by atoms with van der Waals surface area (Å²) in [6.07, 6.45) is 3.97. The monoisotopic (exact) mass is 888 g/mol. The molecule has 0 aliphatic heterocycles. The van der Waals surface area contributed by atoms with Gasteiger partial charge >= 0.3 is 20.4 Å². The zero-order valence-electron chi connectivity index (χ0n) is 35.9. The molecular weight excluding hydrogens is 839 g/mol. The molecule has 0 aliphatic rings. The molecular formula is C55H50N4OPd. The van der Waals surface area contributed by atoms with Crippen LogP contribution in [-0.4, -0.2) is 19.3 Å². The molecule has 0 N–H and O–H groups in total. The predicted octanol–water partition coefficient (Wildman–Crippen LogP) is 14.3. The van der Waals surface area contributed by atoms with Crippen LogP contribution in [0, 0.1) is 12.1 Å². The number of hydrogen-bond donors (Lipinski definition) is 0. The first-order chi connectivity index (χ1) is 29.0. The van der Waals surface area contributed by atoms with Gasteiger partial charge in [0.15, 0.2) is 0 Å². The minimum absolute atomic E-state index is 0. The number of rotatable bonds is 9. The van der Waals surface area contributed by atoms with E-state index in [1.807, 2.05) is 29.1 Å². The average molecular weight is 889 g/mol. The normalized spacial score (nSPS) is 11.9. The van der Waals surface area contributed by atoms with E-state index in [0.717, 1.165) is 79.8 Å². The van der Waals surface area contributed by atoms with E-state index in [9.17, 15) is 0 Å². The molecule has 0 atom stereocenters. The first kappa shape index (κ1) is 41.7. The molecule has 9 rings (SSSR count). The fourth-order valence-electron chi connectivity index (χ4n) is 8.10. The summed E-state index contributed by atoms with van der Waals surface area (Å²) in [4.78, 5) is 4.83. The number of nitrogens with zero attached hydrogens (tertiary/aromatic N) is 4. The molecule has 3 heterocycles. The molecule has 306 valence electrons. The Labute approximate surface area is 373 Å². The van der Waals surface area contributed by atoms with Gasteiger partial charge in [-0.3, -0.25) is 4.68 Å². The van der Waals surface area contributed by atoms with Crippen LogP contribution in [0.25, 0.3) is 67.0 Å². The van der Waals surface area contributed by atoms with Gasteiger partial charge in [0.1, 0.15) is 11.5 Å². The van der Waals surface area contributed by atoms with E-state index in [2.05, 4.69) is 193 Å². The second kappa shape index (κ2) is 16.8. The van der Waals surface area contributed by atoms with Gasteiger partial charge in [-0.25, -0.2) is 4.98 Å². The summed E-state index contributed by atoms with van der Waals surface area (Å²) in [5.74, 6) is 2.03. The minimum atomic E-state index is -0.0602. The first-order valence-corrected chi connectivity index (χ1v) is 21.0. The van der Waals surface area contributed by atoms with Crippen LogP contribution in [0.5, 0.6) is 11.5 Å². The summed E-state index contributed by atoms with van der Waals surface area (Å²) in [6.45, 7) is 15.9. The van der Waals surface area contributed by atoms with E-state index in [4.69, 9.17) is 14.8 Å². The fourth-order valence-corrected chi connectivity index (χ4v) is 8.10. The van der Waals surface area contributed by atoms with E-state index in [1.54, 1.807) is 0 Å². The Balaban J connectivity index is 0.00000514. The molecule has 0 saturated carbocycles. The largest absolute Gasteiger partial charge is 2.00 e. The number of benzene rings is 6. The Morgan fingerprint density at radius 3 is 1.95 bits per heavy atom. The van der Waals surface area contributed by atoms with E-state index >= 15 is 0 Å². The predicted molar refractivity (Wildman–Crippen MR) is 248 cm³/mol. The van der Waals surface area contributed by atoms with E-state index < -0.39 is 0 Å². The van der Waals surface area contributed by atoms with Crippen molar-refractivity contribution in [2.45, 2.75) is 72.1 Å². The Kier molecular flexibility index (Phi) is 11.5. The molecule has 6 heteroatoms. The zero-order chi connectivity index (χ0) is 41.6. The molecule has 0 fully saturated rings. The summed E-state index contributed by atoms with van der Waals surface area (Å²) >= 11 is 0. The van der Waals surface area contributed by atoms with Gasteiger partial charge in [-0.15, -0.1) is 35.7 Å². The number of fused-ring (bicyclic) bond motifs is 3. The Bertz CT molecular complexity index is 2950. The third-order valence-corrected chi connectivity index (χ3v) is 11.3. The van der Waals surface area contributed by atoms with E-state index in [-0.39, 0.29) is 31.3 Å². The quantitative estimate of drug-likeness (QED) is 0.107. The zero-order valence-corrected chi connectivity index (χ0v) is 37.4. The van der Waals surface area contributed by atoms with Crippen molar-refractivity contribution in [1.82, 2.24) is 19.3 Å². The van der Waals surface area contributed by atoms with Gasteiger partial charge < -0.3 is 9.30 Å². The second-order valence-electron chi connectivity index (χ2n) is 17.7. The van der Waals surface area contributed by atoms with Crippen LogP contribution < -0.4 is 4.74 Å². The van der Waals surface area contributed by atoms with Gasteiger partial charge in [-0.05, 0) is 68.8 Å². The molecule has 0 radical (unpaired) electrons. The summed E-state index contributed by atoms with van der Waals surface area (Å²) in [5.41, 5.74) is 12.7. The number of para-hydroxylation sites is 1. The number of pyridine rings is 1. The van der Waals surface area contributed by atoms with Crippen LogP contribution >= 0.6 is 0 Å². The standard InChI is InChI=1S/C55H50N4O.Pd/c1-8-18-37-29-30-56-50(31-37)58-48-26-16-15-25-46(48)47-28-27-45(36-49(47)58)60-44-24-17-23-43(35-44)59-53(39-21-13-10-14-22-39)51(52(57-59)38-19-11-9-12-20-38)40-32-41(54(2,3)4)34-42(33-40)55(5,6)7;/h9-17,19-34H,8,18H2,1-7H3;/q-2;+2. The third-order valence-electron chi connectivity index (χ3n) is 11.3. The van der Waals surface area contributed by atoms with Crippen molar-refractivity contribution >= 4 is 21.8 Å². The number of hydrogen-bond acceptors (Lipinski definition) is 3. The van der Waals surface area contributed by atoms with Crippen molar-refractivity contribution in [2.24, 2.45) is 0 Å². The van der Waals surface area contributed by atoms with Gasteiger partial charge in [-0.1, -0.05) is 157 Å². The van der Waals surface area contributed by atoms with Crippen LogP contribution in [0.4, 0.5) is 0 Å². The second-order valence-corrected chi connectivity index (χ2v) is 17.7. The maximum Gasteiger partial charge on any atom is 2.00 e. The van der Waals surface area contributed by atoms with Gasteiger partial charge in [0.25, 0.3) is 0 Å². The number of aromatic nitrogens is 4. The molecule has 3 aromatic heterocycles. The number of ether oxygens (including phenoxy) is 1. The molecule has 0 spiro atoms. The molecule has 5 nitrogen and oxygen atoms in total. The summed E-state index contributed by atoms with van der Waals surface area (Å²) in [6, 6.07) is 58.3. The third kappa shape index (κ3) is 8.23. The Morgan fingerprint density at radius 1 is 0.607 bits per heavy atom. The maximum absolute atomic E-state index is 6.67. The van der Waals surface area contributed by atoms with Crippen molar-refractivity contribution in [2.75, 3.05) is 0 Å². The van der Waals surface area contributed by atoms with Crippen LogP contribution in [0.2, 0.25) is 0 Å². The van der Waals surface area contributed by atoms with Crippen molar-refractivity contribution in [3.05, 3.63) is 181 Å². The van der Waals surface area contributed by atoms with E-state index in [0.29, 0.717) is 11.5 Å². The van der Waals surface area contributed by atoms with Gasteiger partial charge in [0.2, 0.25) is 0 Å². The average Bonchev–Trinajstić information content (AvgIpc) is 3.81. The SMILES string of the molecule is CCCc1ccnc(-n2c3[c-]c(Oc4[c-]c(-n5nc(-c6ccccc6)c(-c6cc(C(C)(C)C)cc(C(C)(C)C)c6)c5-c5ccccc5)ccc4)ccc3c3ccccc32)c1.[Pd+2]. The van der Waals surface area contributed by atoms with Crippen LogP contribution in [0.3, 0.4) is 0 Å². The molecule has 0 amide bonds. The van der Waals surface area contributed by atoms with Crippen LogP contribution in [-0.2, 0) is 37.7 Å². The van der Waals surface area contributed by atoms with Crippen molar-refractivity contribution in [1.29, 1.82) is 0 Å². The Hall–Kier alpha value is -6.06. The molecule has 0 aliphatic carbocycles. The summed E-state index contributed by atoms with van der Waals surface area (Å²) in [7, 11) is 0. The molecule has 0 unspecified atom stereocenters. The summed E-state index contributed by atoms with van der Waals surface area (Å²) < 4.78 is 10.9. The molecule has 0 saturated heterocycles. The van der Waals surface area contributed by atoms with E-state index in [1.165, 1.54) is 16.7 Å². The van der Waals surface area contributed by atoms with Crippen LogP contribution in [0.1, 0.15) is 71.6 Å². The minimum Gasteiger partial charge on any atom is -0.509 e. The molecule has 6 aromatic carbocycles. The summed E-state index contributed by atoms with van der Waals surface area (Å²) in [5, 5.41) is 7.71. The molecule has 9 aromatic rings. The van der Waals surface area contributed by atoms with Gasteiger partial charge in [0.05, 0.1) is 5.69 Å². The maximum atomic E-state index is 6.67. The topological polar surface area (TPSA) is 44.9 Å². The molecule has 0 bridgehead atoms. The van der Waals surface area contributed by atoms with Crippen LogP contribution in [0.15, 0.2) is 152 Å². The van der Waals surface area contributed by atoms with Crippen molar-refractivity contribution in [3.63, 3.8) is 0 Å². The van der Waals surface area contributed by atoms with Gasteiger partial charge in [-0.2, -0.15) is 17.2 Å². The smallest absolute Gasteiger partial charge is 0.509 e. The Morgan fingerprint density at radius 2 is 1.26 bits per heavy atom.